The zero-order valence-electron chi connectivity index (χ0n) is 9.49. The van der Waals surface area contributed by atoms with Gasteiger partial charge in [0.05, 0.1) is 5.02 Å². The molecule has 5 heteroatoms. The average Bonchev–Trinajstić information content (AvgIpc) is 2.82. The first-order valence-electron chi connectivity index (χ1n) is 5.43. The molecular weight excluding hydrogens is 255 g/mol. The average molecular weight is 266 g/mol. The largest absolute Gasteiger partial charge is 0.455 e. The number of benzene rings is 1. The summed E-state index contributed by atoms with van der Waals surface area (Å²) < 4.78 is 18.6. The maximum Gasteiger partial charge on any atom is 0.163 e. The lowest BCUT2D eigenvalue weighted by Crippen LogP contribution is -2.82. The van der Waals surface area contributed by atoms with E-state index < -0.39 is 5.82 Å². The van der Waals surface area contributed by atoms with Gasteiger partial charge in [0.1, 0.15) is 24.2 Å². The predicted octanol–water partition coefficient (Wildman–Crippen LogP) is 2.33. The summed E-state index contributed by atoms with van der Waals surface area (Å²) in [6.45, 7) is 0.987. The second kappa shape index (κ2) is 5.67. The van der Waals surface area contributed by atoms with Gasteiger partial charge in [-0.3, -0.25) is 0 Å². The maximum atomic E-state index is 13.0. The molecule has 0 spiro atoms. The van der Waals surface area contributed by atoms with Crippen LogP contribution in [0.15, 0.2) is 34.7 Å². The third kappa shape index (κ3) is 2.89. The summed E-state index contributed by atoms with van der Waals surface area (Å²) in [4.78, 5) is 0. The van der Waals surface area contributed by atoms with Gasteiger partial charge >= 0.3 is 0 Å². The van der Waals surface area contributed by atoms with Crippen molar-refractivity contribution >= 4 is 11.6 Å². The van der Waals surface area contributed by atoms with Crippen LogP contribution in [-0.2, 0) is 6.54 Å². The van der Waals surface area contributed by atoms with Gasteiger partial charge in [0.2, 0.25) is 0 Å². The molecule has 18 heavy (non-hydrogen) atoms. The van der Waals surface area contributed by atoms with Crippen LogP contribution in [0, 0.1) is 17.1 Å². The standard InChI is InChI=1S/C13H10ClFN2O/c14-11-7-9(1-3-12(11)15)13-4-2-10(18-13)8-17-6-5-16/h1-4,7,17H,6,8H2/p+1. The number of quaternary nitrogens is 1. The van der Waals surface area contributed by atoms with Crippen molar-refractivity contribution in [2.24, 2.45) is 0 Å². The minimum atomic E-state index is -0.449. The molecule has 0 amide bonds. The van der Waals surface area contributed by atoms with Crippen molar-refractivity contribution in [1.82, 2.24) is 0 Å². The summed E-state index contributed by atoms with van der Waals surface area (Å²) in [6.07, 6.45) is 0. The predicted molar refractivity (Wildman–Crippen MR) is 65.2 cm³/mol. The molecule has 0 aliphatic heterocycles. The quantitative estimate of drug-likeness (QED) is 0.681. The van der Waals surface area contributed by atoms with Gasteiger partial charge < -0.3 is 9.73 Å². The number of furan rings is 1. The van der Waals surface area contributed by atoms with E-state index in [0.29, 0.717) is 18.8 Å². The van der Waals surface area contributed by atoms with E-state index in [1.807, 2.05) is 17.5 Å². The van der Waals surface area contributed by atoms with Crippen LogP contribution in [0.1, 0.15) is 5.76 Å². The summed E-state index contributed by atoms with van der Waals surface area (Å²) in [7, 11) is 0. The van der Waals surface area contributed by atoms with E-state index in [9.17, 15) is 4.39 Å². The van der Waals surface area contributed by atoms with Gasteiger partial charge in [0, 0.05) is 5.56 Å². The van der Waals surface area contributed by atoms with Gasteiger partial charge in [-0.05, 0) is 30.3 Å². The molecule has 0 aliphatic rings. The monoisotopic (exact) mass is 265 g/mol. The smallest absolute Gasteiger partial charge is 0.163 e. The fraction of sp³-hybridized carbons (Fsp3) is 0.154. The van der Waals surface area contributed by atoms with Gasteiger partial charge in [0.15, 0.2) is 12.3 Å². The minimum absolute atomic E-state index is 0.0708. The van der Waals surface area contributed by atoms with Crippen molar-refractivity contribution in [1.29, 1.82) is 5.26 Å². The molecule has 2 aromatic rings. The maximum absolute atomic E-state index is 13.0. The van der Waals surface area contributed by atoms with E-state index in [-0.39, 0.29) is 5.02 Å². The third-order valence-corrected chi connectivity index (χ3v) is 2.74. The van der Waals surface area contributed by atoms with Gasteiger partial charge in [0.25, 0.3) is 0 Å². The second-order valence-electron chi connectivity index (χ2n) is 3.75. The first kappa shape index (κ1) is 12.6. The minimum Gasteiger partial charge on any atom is -0.455 e. The number of nitrogens with zero attached hydrogens (tertiary/aromatic N) is 1. The molecule has 92 valence electrons. The molecule has 2 N–H and O–H groups in total. The highest BCUT2D eigenvalue weighted by molar-refractivity contribution is 6.31. The zero-order valence-corrected chi connectivity index (χ0v) is 10.2. The SMILES string of the molecule is N#CC[NH2+]Cc1ccc(-c2ccc(F)c(Cl)c2)o1. The number of nitriles is 1. The van der Waals surface area contributed by atoms with Crippen LogP contribution >= 0.6 is 11.6 Å². The van der Waals surface area contributed by atoms with Gasteiger partial charge in [-0.15, -0.1) is 0 Å². The van der Waals surface area contributed by atoms with E-state index in [0.717, 1.165) is 11.3 Å². The summed E-state index contributed by atoms with van der Waals surface area (Å²) in [6, 6.07) is 10.1. The summed E-state index contributed by atoms with van der Waals surface area (Å²) in [5.74, 6) is 0.951. The van der Waals surface area contributed by atoms with Gasteiger partial charge in [-0.1, -0.05) is 11.6 Å². The molecule has 0 bridgehead atoms. The van der Waals surface area contributed by atoms with Crippen LogP contribution in [0.5, 0.6) is 0 Å². The lowest BCUT2D eigenvalue weighted by Gasteiger charge is -1.99. The van der Waals surface area contributed by atoms with Crippen molar-refractivity contribution in [2.75, 3.05) is 6.54 Å². The summed E-state index contributed by atoms with van der Waals surface area (Å²) >= 11 is 5.71. The highest BCUT2D eigenvalue weighted by Gasteiger charge is 2.08. The lowest BCUT2D eigenvalue weighted by molar-refractivity contribution is -0.662. The molecule has 2 rings (SSSR count). The molecule has 1 aromatic carbocycles. The van der Waals surface area contributed by atoms with E-state index >= 15 is 0 Å². The Balaban J connectivity index is 2.14. The number of halogens is 2. The van der Waals surface area contributed by atoms with E-state index in [1.54, 1.807) is 12.1 Å². The molecule has 0 atom stereocenters. The molecule has 0 unspecified atom stereocenters. The van der Waals surface area contributed by atoms with Crippen LogP contribution in [0.4, 0.5) is 4.39 Å². The van der Waals surface area contributed by atoms with Crippen LogP contribution in [-0.4, -0.2) is 6.54 Å². The molecular formula is C13H11ClFN2O+. The Bertz CT molecular complexity index is 589. The van der Waals surface area contributed by atoms with Crippen molar-refractivity contribution in [3.8, 4) is 17.4 Å². The van der Waals surface area contributed by atoms with Crippen LogP contribution in [0.3, 0.4) is 0 Å². The van der Waals surface area contributed by atoms with Crippen molar-refractivity contribution in [2.45, 2.75) is 6.54 Å². The van der Waals surface area contributed by atoms with Crippen molar-refractivity contribution < 1.29 is 14.1 Å². The molecule has 1 aromatic heterocycles. The Morgan fingerprint density at radius 2 is 2.17 bits per heavy atom. The molecule has 3 nitrogen and oxygen atoms in total. The highest BCUT2D eigenvalue weighted by atomic mass is 35.5. The highest BCUT2D eigenvalue weighted by Crippen LogP contribution is 2.26. The topological polar surface area (TPSA) is 53.5 Å². The molecule has 0 saturated carbocycles. The molecule has 0 aliphatic carbocycles. The normalized spacial score (nSPS) is 10.3. The second-order valence-corrected chi connectivity index (χ2v) is 4.16. The molecule has 1 heterocycles. The van der Waals surface area contributed by atoms with Crippen molar-refractivity contribution in [3.05, 3.63) is 46.9 Å². The van der Waals surface area contributed by atoms with Gasteiger partial charge in [-0.2, -0.15) is 5.26 Å². The third-order valence-electron chi connectivity index (χ3n) is 2.45. The van der Waals surface area contributed by atoms with Crippen LogP contribution in [0.2, 0.25) is 5.02 Å². The van der Waals surface area contributed by atoms with Crippen molar-refractivity contribution in [3.63, 3.8) is 0 Å². The van der Waals surface area contributed by atoms with E-state index in [4.69, 9.17) is 21.3 Å². The van der Waals surface area contributed by atoms with E-state index in [2.05, 4.69) is 0 Å². The fourth-order valence-electron chi connectivity index (χ4n) is 1.57. The van der Waals surface area contributed by atoms with Gasteiger partial charge in [-0.25, -0.2) is 4.39 Å². The lowest BCUT2D eigenvalue weighted by atomic mass is 10.2. The fourth-order valence-corrected chi connectivity index (χ4v) is 1.75. The number of nitrogens with two attached hydrogens (primary N) is 1. The molecule has 0 saturated heterocycles. The Kier molecular flexibility index (Phi) is 3.98. The zero-order chi connectivity index (χ0) is 13.0. The number of rotatable bonds is 4. The number of hydrogen-bond donors (Lipinski definition) is 1. The Morgan fingerprint density at radius 1 is 1.33 bits per heavy atom. The van der Waals surface area contributed by atoms with Crippen LogP contribution in [0.25, 0.3) is 11.3 Å². The summed E-state index contributed by atoms with van der Waals surface area (Å²) in [5.41, 5.74) is 0.730. The Morgan fingerprint density at radius 3 is 2.89 bits per heavy atom. The summed E-state index contributed by atoms with van der Waals surface area (Å²) in [5, 5.41) is 10.3. The Labute approximate surface area is 109 Å². The molecule has 0 fully saturated rings. The first-order valence-corrected chi connectivity index (χ1v) is 5.81. The van der Waals surface area contributed by atoms with E-state index in [1.165, 1.54) is 12.1 Å². The van der Waals surface area contributed by atoms with Crippen LogP contribution < -0.4 is 5.32 Å². The number of hydrogen-bond acceptors (Lipinski definition) is 2. The molecule has 0 radical (unpaired) electrons. The Hall–Kier alpha value is -1.83. The first-order chi connectivity index (χ1) is 8.70.